The topological polar surface area (TPSA) is 17.1 Å². The van der Waals surface area contributed by atoms with Gasteiger partial charge >= 0.3 is 0 Å². The van der Waals surface area contributed by atoms with Gasteiger partial charge < -0.3 is 0 Å². The molecule has 0 aliphatic rings. The Morgan fingerprint density at radius 1 is 1.05 bits per heavy atom. The maximum atomic E-state index is 13.7. The monoisotopic (exact) mass is 316 g/mol. The Labute approximate surface area is 124 Å². The van der Waals surface area contributed by atoms with E-state index in [1.165, 1.54) is 30.3 Å². The van der Waals surface area contributed by atoms with E-state index in [1.54, 1.807) is 6.07 Å². The molecular weight excluding hydrogens is 310 g/mol. The fourth-order valence-corrected chi connectivity index (χ4v) is 2.39. The molecule has 2 aromatic carbocycles. The molecular formula is C14H8Cl3FO. The summed E-state index contributed by atoms with van der Waals surface area (Å²) in [7, 11) is 0. The molecule has 2 rings (SSSR count). The Morgan fingerprint density at radius 2 is 1.68 bits per heavy atom. The molecule has 0 fully saturated rings. The zero-order valence-electron chi connectivity index (χ0n) is 9.59. The van der Waals surface area contributed by atoms with Crippen molar-refractivity contribution in [2.24, 2.45) is 0 Å². The zero-order valence-corrected chi connectivity index (χ0v) is 11.9. The molecule has 0 aromatic heterocycles. The van der Waals surface area contributed by atoms with Crippen LogP contribution in [0.4, 0.5) is 4.39 Å². The van der Waals surface area contributed by atoms with Crippen molar-refractivity contribution in [2.75, 3.05) is 0 Å². The van der Waals surface area contributed by atoms with Crippen molar-refractivity contribution >= 4 is 40.6 Å². The predicted octanol–water partition coefficient (Wildman–Crippen LogP) is 5.21. The number of hydrogen-bond donors (Lipinski definition) is 0. The molecule has 0 bridgehead atoms. The lowest BCUT2D eigenvalue weighted by molar-refractivity contribution is 0.0992. The van der Waals surface area contributed by atoms with Crippen molar-refractivity contribution in [3.05, 3.63) is 68.4 Å². The van der Waals surface area contributed by atoms with Gasteiger partial charge in [0.05, 0.1) is 5.02 Å². The van der Waals surface area contributed by atoms with Crippen molar-refractivity contribution in [1.29, 1.82) is 0 Å². The summed E-state index contributed by atoms with van der Waals surface area (Å²) < 4.78 is 13.7. The first-order valence-corrected chi connectivity index (χ1v) is 6.53. The van der Waals surface area contributed by atoms with Crippen LogP contribution < -0.4 is 0 Å². The summed E-state index contributed by atoms with van der Waals surface area (Å²) in [4.78, 5) is 12.1. The van der Waals surface area contributed by atoms with Crippen LogP contribution in [0.5, 0.6) is 0 Å². The first-order valence-electron chi connectivity index (χ1n) is 5.39. The van der Waals surface area contributed by atoms with Crippen LogP contribution in [-0.2, 0) is 6.42 Å². The number of benzene rings is 2. The number of rotatable bonds is 3. The second kappa shape index (κ2) is 5.91. The molecule has 0 amide bonds. The number of carbonyl (C=O) groups is 1. The summed E-state index contributed by atoms with van der Waals surface area (Å²) in [6.07, 6.45) is -0.0942. The van der Waals surface area contributed by atoms with Crippen molar-refractivity contribution in [3.8, 4) is 0 Å². The van der Waals surface area contributed by atoms with Crippen molar-refractivity contribution in [3.63, 3.8) is 0 Å². The average Bonchev–Trinajstić information content (AvgIpc) is 2.33. The predicted molar refractivity (Wildman–Crippen MR) is 75.9 cm³/mol. The minimum absolute atomic E-state index is 0.00516. The number of carbonyl (C=O) groups excluding carboxylic acids is 1. The highest BCUT2D eigenvalue weighted by Gasteiger charge is 2.13. The molecule has 0 radical (unpaired) electrons. The van der Waals surface area contributed by atoms with Crippen LogP contribution in [0.3, 0.4) is 0 Å². The van der Waals surface area contributed by atoms with Gasteiger partial charge in [0.2, 0.25) is 0 Å². The van der Waals surface area contributed by atoms with E-state index in [-0.39, 0.29) is 22.8 Å². The summed E-state index contributed by atoms with van der Waals surface area (Å²) in [5.41, 5.74) is 0.588. The molecule has 0 N–H and O–H groups in total. The Kier molecular flexibility index (Phi) is 4.46. The quantitative estimate of drug-likeness (QED) is 0.710. The second-order valence-corrected chi connectivity index (χ2v) is 5.25. The Hall–Kier alpha value is -1.09. The van der Waals surface area contributed by atoms with Gasteiger partial charge in [0.25, 0.3) is 0 Å². The SMILES string of the molecule is O=C(Cc1cccc(Cl)c1F)c1cc(Cl)cc(Cl)c1. The average molecular weight is 318 g/mol. The van der Waals surface area contributed by atoms with E-state index in [1.807, 2.05) is 0 Å². The summed E-state index contributed by atoms with van der Waals surface area (Å²) in [5.74, 6) is -0.851. The lowest BCUT2D eigenvalue weighted by Gasteiger charge is -2.05. The first kappa shape index (κ1) is 14.3. The van der Waals surface area contributed by atoms with Crippen molar-refractivity contribution in [1.82, 2.24) is 0 Å². The number of ketones is 1. The Balaban J connectivity index is 2.28. The summed E-state index contributed by atoms with van der Waals surface area (Å²) in [5, 5.41) is 0.722. The highest BCUT2D eigenvalue weighted by molar-refractivity contribution is 6.35. The standard InChI is InChI=1S/C14H8Cl3FO/c15-10-4-9(5-11(16)7-10)13(19)6-8-2-1-3-12(17)14(8)18/h1-5,7H,6H2. The molecule has 2 aromatic rings. The third-order valence-electron chi connectivity index (χ3n) is 2.57. The van der Waals surface area contributed by atoms with E-state index in [0.29, 0.717) is 15.6 Å². The van der Waals surface area contributed by atoms with Gasteiger partial charge in [0.1, 0.15) is 5.82 Å². The van der Waals surface area contributed by atoms with E-state index in [2.05, 4.69) is 0 Å². The smallest absolute Gasteiger partial charge is 0.167 e. The third-order valence-corrected chi connectivity index (χ3v) is 3.30. The molecule has 1 nitrogen and oxygen atoms in total. The van der Waals surface area contributed by atoms with Crippen molar-refractivity contribution in [2.45, 2.75) is 6.42 Å². The Bertz CT molecular complexity index is 620. The van der Waals surface area contributed by atoms with Gasteiger partial charge in [-0.1, -0.05) is 46.9 Å². The maximum Gasteiger partial charge on any atom is 0.167 e. The van der Waals surface area contributed by atoms with E-state index in [9.17, 15) is 9.18 Å². The van der Waals surface area contributed by atoms with E-state index in [4.69, 9.17) is 34.8 Å². The lowest BCUT2D eigenvalue weighted by Crippen LogP contribution is -2.05. The summed E-state index contributed by atoms with van der Waals surface area (Å²) in [6.45, 7) is 0. The molecule has 19 heavy (non-hydrogen) atoms. The minimum atomic E-state index is -0.578. The van der Waals surface area contributed by atoms with E-state index in [0.717, 1.165) is 0 Å². The van der Waals surface area contributed by atoms with Crippen molar-refractivity contribution < 1.29 is 9.18 Å². The second-order valence-electron chi connectivity index (χ2n) is 3.97. The molecule has 0 saturated heterocycles. The van der Waals surface area contributed by atoms with Gasteiger partial charge in [0.15, 0.2) is 5.78 Å². The normalized spacial score (nSPS) is 10.5. The third kappa shape index (κ3) is 3.47. The zero-order chi connectivity index (χ0) is 14.0. The summed E-state index contributed by atoms with van der Waals surface area (Å²) >= 11 is 17.3. The number of Topliss-reactive ketones (excluding diaryl/α,β-unsaturated/α-hetero) is 1. The fraction of sp³-hybridized carbons (Fsp3) is 0.0714. The number of halogens is 4. The highest BCUT2D eigenvalue weighted by Crippen LogP contribution is 2.22. The fourth-order valence-electron chi connectivity index (χ4n) is 1.67. The molecule has 0 aliphatic heterocycles. The van der Waals surface area contributed by atoms with Crippen LogP contribution in [0.1, 0.15) is 15.9 Å². The van der Waals surface area contributed by atoms with Crippen LogP contribution in [0, 0.1) is 5.82 Å². The lowest BCUT2D eigenvalue weighted by atomic mass is 10.0. The van der Waals surface area contributed by atoms with E-state index >= 15 is 0 Å². The van der Waals surface area contributed by atoms with Gasteiger partial charge in [-0.2, -0.15) is 0 Å². The van der Waals surface area contributed by atoms with Gasteiger partial charge in [-0.25, -0.2) is 4.39 Å². The van der Waals surface area contributed by atoms with Crippen LogP contribution >= 0.6 is 34.8 Å². The van der Waals surface area contributed by atoms with Gasteiger partial charge in [-0.05, 0) is 29.8 Å². The maximum absolute atomic E-state index is 13.7. The molecule has 0 atom stereocenters. The molecule has 98 valence electrons. The minimum Gasteiger partial charge on any atom is -0.294 e. The Morgan fingerprint density at radius 3 is 2.32 bits per heavy atom. The van der Waals surface area contributed by atoms with Gasteiger partial charge in [0, 0.05) is 22.0 Å². The number of hydrogen-bond acceptors (Lipinski definition) is 1. The molecule has 0 unspecified atom stereocenters. The molecule has 0 heterocycles. The van der Waals surface area contributed by atoms with Crippen LogP contribution in [0.25, 0.3) is 0 Å². The first-order chi connectivity index (χ1) is 8.97. The van der Waals surface area contributed by atoms with E-state index < -0.39 is 5.82 Å². The largest absolute Gasteiger partial charge is 0.294 e. The molecule has 0 aliphatic carbocycles. The summed E-state index contributed by atoms with van der Waals surface area (Å²) in [6, 6.07) is 9.07. The van der Waals surface area contributed by atoms with Crippen LogP contribution in [0.2, 0.25) is 15.1 Å². The van der Waals surface area contributed by atoms with Crippen LogP contribution in [0.15, 0.2) is 36.4 Å². The highest BCUT2D eigenvalue weighted by atomic mass is 35.5. The molecule has 0 spiro atoms. The van der Waals surface area contributed by atoms with Gasteiger partial charge in [-0.3, -0.25) is 4.79 Å². The molecule has 0 saturated carbocycles. The van der Waals surface area contributed by atoms with Crippen LogP contribution in [-0.4, -0.2) is 5.78 Å². The molecule has 5 heteroatoms. The van der Waals surface area contributed by atoms with Gasteiger partial charge in [-0.15, -0.1) is 0 Å².